The monoisotopic (exact) mass is 460 g/mol. The second-order valence-electron chi connectivity index (χ2n) is 8.70. The molecule has 0 bridgehead atoms. The lowest BCUT2D eigenvalue weighted by atomic mass is 9.97. The number of hydrogen-bond acceptors (Lipinski definition) is 3. The van der Waals surface area contributed by atoms with Crippen LogP contribution in [0.2, 0.25) is 5.02 Å². The van der Waals surface area contributed by atoms with Gasteiger partial charge in [-0.15, -0.1) is 0 Å². The molecule has 2 aromatic carbocycles. The maximum Gasteiger partial charge on any atom is 0.224 e. The highest BCUT2D eigenvalue weighted by Gasteiger charge is 2.33. The Bertz CT molecular complexity index is 1070. The Balaban J connectivity index is 1.39. The van der Waals surface area contributed by atoms with E-state index in [2.05, 4.69) is 23.5 Å². The van der Waals surface area contributed by atoms with Crippen LogP contribution in [0, 0.1) is 5.92 Å². The summed E-state index contributed by atoms with van der Waals surface area (Å²) in [4.78, 5) is 12.9. The Labute approximate surface area is 189 Å². The quantitative estimate of drug-likeness (QED) is 0.700. The zero-order valence-electron chi connectivity index (χ0n) is 17.8. The molecule has 2 atom stereocenters. The number of carbonyl (C=O) groups is 1. The summed E-state index contributed by atoms with van der Waals surface area (Å²) in [6.45, 7) is 2.67. The number of halogens is 1. The highest BCUT2D eigenvalue weighted by Crippen LogP contribution is 2.27. The van der Waals surface area contributed by atoms with Crippen molar-refractivity contribution in [2.45, 2.75) is 50.8 Å². The average molecular weight is 461 g/mol. The minimum absolute atomic E-state index is 0.0735. The number of rotatable bonds is 6. The fourth-order valence-electron chi connectivity index (χ4n) is 4.61. The predicted octanol–water partition coefficient (Wildman–Crippen LogP) is 4.25. The van der Waals surface area contributed by atoms with E-state index in [1.807, 2.05) is 6.92 Å². The Morgan fingerprint density at radius 3 is 2.77 bits per heavy atom. The summed E-state index contributed by atoms with van der Waals surface area (Å²) in [6, 6.07) is 13.3. The van der Waals surface area contributed by atoms with E-state index in [1.165, 1.54) is 21.9 Å². The highest BCUT2D eigenvalue weighted by molar-refractivity contribution is 7.88. The Hall–Kier alpha value is -1.89. The molecule has 5 nitrogen and oxygen atoms in total. The van der Waals surface area contributed by atoms with Crippen molar-refractivity contribution in [3.63, 3.8) is 0 Å². The van der Waals surface area contributed by atoms with Crippen LogP contribution >= 0.6 is 11.6 Å². The van der Waals surface area contributed by atoms with Crippen molar-refractivity contribution in [1.29, 1.82) is 0 Å². The van der Waals surface area contributed by atoms with Gasteiger partial charge in [-0.3, -0.25) is 4.79 Å². The summed E-state index contributed by atoms with van der Waals surface area (Å²) in [5.74, 6) is -0.511. The van der Waals surface area contributed by atoms with Crippen LogP contribution in [0.4, 0.5) is 0 Å². The van der Waals surface area contributed by atoms with Gasteiger partial charge in [0, 0.05) is 18.1 Å². The van der Waals surface area contributed by atoms with Crippen LogP contribution in [0.25, 0.3) is 0 Å². The summed E-state index contributed by atoms with van der Waals surface area (Å²) in [7, 11) is -3.51. The molecule has 1 aliphatic heterocycles. The molecule has 0 radical (unpaired) electrons. The first-order chi connectivity index (χ1) is 14.8. The number of sulfonamides is 1. The summed E-state index contributed by atoms with van der Waals surface area (Å²) in [5.41, 5.74) is 4.56. The smallest absolute Gasteiger partial charge is 0.224 e. The van der Waals surface area contributed by atoms with Crippen molar-refractivity contribution in [2.24, 2.45) is 5.92 Å². The van der Waals surface area contributed by atoms with E-state index in [0.29, 0.717) is 30.0 Å². The maximum absolute atomic E-state index is 12.9. The van der Waals surface area contributed by atoms with E-state index in [1.54, 1.807) is 24.3 Å². The molecule has 0 unspecified atom stereocenters. The summed E-state index contributed by atoms with van der Waals surface area (Å²) in [5, 5.41) is 3.63. The van der Waals surface area contributed by atoms with Gasteiger partial charge in [0.1, 0.15) is 0 Å². The number of carbonyl (C=O) groups excluding carboxylic acids is 1. The van der Waals surface area contributed by atoms with E-state index in [-0.39, 0.29) is 30.2 Å². The molecule has 1 heterocycles. The number of piperidine rings is 1. The zero-order valence-corrected chi connectivity index (χ0v) is 19.4. The lowest BCUT2D eigenvalue weighted by Gasteiger charge is -2.32. The fraction of sp³-hybridized carbons (Fsp3) is 0.458. The highest BCUT2D eigenvalue weighted by atomic mass is 35.5. The standard InChI is InChI=1S/C24H29ClN2O3S/c1-17(20-11-10-19-6-3-7-21(19)14-20)26-24(28)22-8-4-12-27(15-22)31(29,30)16-18-5-2-9-23(25)13-18/h2,5,9-11,13-14,17,22H,3-4,6-8,12,15-16H2,1H3,(H,26,28)/t17-,22-/m0/s1. The molecule has 0 spiro atoms. The molecule has 31 heavy (non-hydrogen) atoms. The Morgan fingerprint density at radius 1 is 1.16 bits per heavy atom. The van der Waals surface area contributed by atoms with Gasteiger partial charge >= 0.3 is 0 Å². The first-order valence-electron chi connectivity index (χ1n) is 11.0. The molecule has 0 aromatic heterocycles. The molecule has 4 rings (SSSR count). The van der Waals surface area contributed by atoms with Gasteiger partial charge in [-0.05, 0) is 73.4 Å². The molecule has 1 amide bonds. The van der Waals surface area contributed by atoms with Crippen molar-refractivity contribution < 1.29 is 13.2 Å². The Morgan fingerprint density at radius 2 is 1.97 bits per heavy atom. The van der Waals surface area contributed by atoms with Crippen LogP contribution in [-0.4, -0.2) is 31.7 Å². The summed E-state index contributed by atoms with van der Waals surface area (Å²) >= 11 is 5.99. The van der Waals surface area contributed by atoms with Gasteiger partial charge in [-0.25, -0.2) is 12.7 Å². The lowest BCUT2D eigenvalue weighted by molar-refractivity contribution is -0.126. The molecule has 2 aromatic rings. The molecule has 1 saturated heterocycles. The van der Waals surface area contributed by atoms with Crippen LogP contribution in [0.1, 0.15) is 54.5 Å². The van der Waals surface area contributed by atoms with Crippen molar-refractivity contribution in [1.82, 2.24) is 9.62 Å². The van der Waals surface area contributed by atoms with Crippen LogP contribution in [-0.2, 0) is 33.4 Å². The topological polar surface area (TPSA) is 66.5 Å². The molecule has 1 aliphatic carbocycles. The predicted molar refractivity (Wildman–Crippen MR) is 123 cm³/mol. The van der Waals surface area contributed by atoms with Crippen molar-refractivity contribution in [3.8, 4) is 0 Å². The number of nitrogens with zero attached hydrogens (tertiary/aromatic N) is 1. The average Bonchev–Trinajstić information content (AvgIpc) is 3.21. The van der Waals surface area contributed by atoms with Gasteiger partial charge in [0.25, 0.3) is 0 Å². The van der Waals surface area contributed by atoms with Gasteiger partial charge in [0.15, 0.2) is 0 Å². The van der Waals surface area contributed by atoms with E-state index < -0.39 is 10.0 Å². The first-order valence-corrected chi connectivity index (χ1v) is 12.9. The van der Waals surface area contributed by atoms with Crippen molar-refractivity contribution >= 4 is 27.5 Å². The number of amides is 1. The number of nitrogens with one attached hydrogen (secondary N) is 1. The van der Waals surface area contributed by atoms with E-state index in [0.717, 1.165) is 18.4 Å². The number of benzene rings is 2. The zero-order chi connectivity index (χ0) is 22.0. The molecule has 166 valence electrons. The second kappa shape index (κ2) is 9.31. The largest absolute Gasteiger partial charge is 0.349 e. The van der Waals surface area contributed by atoms with Crippen LogP contribution in [0.5, 0.6) is 0 Å². The molecular formula is C24H29ClN2O3S. The minimum atomic E-state index is -3.51. The van der Waals surface area contributed by atoms with E-state index >= 15 is 0 Å². The molecule has 2 aliphatic rings. The third-order valence-corrected chi connectivity index (χ3v) is 8.42. The molecule has 1 N–H and O–H groups in total. The van der Waals surface area contributed by atoms with Gasteiger partial charge < -0.3 is 5.32 Å². The summed E-state index contributed by atoms with van der Waals surface area (Å²) < 4.78 is 27.3. The molecule has 0 saturated carbocycles. The van der Waals surface area contributed by atoms with Crippen molar-refractivity contribution in [2.75, 3.05) is 13.1 Å². The minimum Gasteiger partial charge on any atom is -0.349 e. The SMILES string of the molecule is C[C@H](NC(=O)[C@H]1CCCN(S(=O)(=O)Cc2cccc(Cl)c2)C1)c1ccc2c(c1)CCC2. The van der Waals surface area contributed by atoms with E-state index in [4.69, 9.17) is 11.6 Å². The third kappa shape index (κ3) is 5.30. The lowest BCUT2D eigenvalue weighted by Crippen LogP contribution is -2.46. The number of aryl methyl sites for hydroxylation is 2. The van der Waals surface area contributed by atoms with E-state index in [9.17, 15) is 13.2 Å². The number of hydrogen-bond donors (Lipinski definition) is 1. The second-order valence-corrected chi connectivity index (χ2v) is 11.1. The molecular weight excluding hydrogens is 432 g/mol. The molecule has 7 heteroatoms. The summed E-state index contributed by atoms with van der Waals surface area (Å²) in [6.07, 6.45) is 4.82. The third-order valence-electron chi connectivity index (χ3n) is 6.37. The van der Waals surface area contributed by atoms with Crippen molar-refractivity contribution in [3.05, 3.63) is 69.7 Å². The maximum atomic E-state index is 12.9. The van der Waals surface area contributed by atoms with Crippen LogP contribution in [0.3, 0.4) is 0 Å². The van der Waals surface area contributed by atoms with Crippen LogP contribution in [0.15, 0.2) is 42.5 Å². The van der Waals surface area contributed by atoms with Gasteiger partial charge in [-0.1, -0.05) is 41.9 Å². The first kappa shape index (κ1) is 22.3. The number of fused-ring (bicyclic) bond motifs is 1. The van der Waals surface area contributed by atoms with Gasteiger partial charge in [-0.2, -0.15) is 0 Å². The van der Waals surface area contributed by atoms with Crippen LogP contribution < -0.4 is 5.32 Å². The van der Waals surface area contributed by atoms with Gasteiger partial charge in [0.2, 0.25) is 15.9 Å². The molecule has 1 fully saturated rings. The fourth-order valence-corrected chi connectivity index (χ4v) is 6.42. The Kier molecular flexibility index (Phi) is 6.70. The normalized spacial score (nSPS) is 20.3. The van der Waals surface area contributed by atoms with Gasteiger partial charge in [0.05, 0.1) is 17.7 Å².